The molecule has 0 aliphatic heterocycles. The van der Waals surface area contributed by atoms with E-state index in [2.05, 4.69) is 5.10 Å². The largest absolute Gasteiger partial charge is 0.480 e. The fourth-order valence-corrected chi connectivity index (χ4v) is 2.60. The molecule has 0 bridgehead atoms. The monoisotopic (exact) mass is 319 g/mol. The Morgan fingerprint density at radius 3 is 2.59 bits per heavy atom. The van der Waals surface area contributed by atoms with Gasteiger partial charge in [0, 0.05) is 6.20 Å². The number of aromatic nitrogens is 2. The van der Waals surface area contributed by atoms with Crippen LogP contribution in [-0.4, -0.2) is 39.0 Å². The summed E-state index contributed by atoms with van der Waals surface area (Å²) < 4.78 is 38.5. The summed E-state index contributed by atoms with van der Waals surface area (Å²) in [7, 11) is 0. The maximum Gasteiger partial charge on any atom is 0.391 e. The predicted octanol–water partition coefficient (Wildman–Crippen LogP) is 2.13. The Balaban J connectivity index is 2.10. The van der Waals surface area contributed by atoms with Gasteiger partial charge in [-0.15, -0.1) is 0 Å². The first-order valence-corrected chi connectivity index (χ1v) is 6.92. The number of amides is 1. The minimum absolute atomic E-state index is 0.0293. The van der Waals surface area contributed by atoms with Crippen molar-refractivity contribution in [3.05, 3.63) is 18.0 Å². The Morgan fingerprint density at radius 1 is 1.41 bits per heavy atom. The number of nitrogens with one attached hydrogen (secondary N) is 1. The van der Waals surface area contributed by atoms with Crippen molar-refractivity contribution >= 4 is 11.9 Å². The number of halogens is 3. The number of rotatable bonds is 5. The summed E-state index contributed by atoms with van der Waals surface area (Å²) in [6, 6.07) is -0.610. The number of carbonyl (C=O) groups excluding carboxylic acids is 1. The molecule has 1 unspecified atom stereocenters. The predicted molar refractivity (Wildman–Crippen MR) is 69.3 cm³/mol. The van der Waals surface area contributed by atoms with E-state index in [1.807, 2.05) is 5.32 Å². The van der Waals surface area contributed by atoms with E-state index in [0.29, 0.717) is 0 Å². The van der Waals surface area contributed by atoms with Gasteiger partial charge < -0.3 is 10.4 Å². The smallest absolute Gasteiger partial charge is 0.391 e. The highest BCUT2D eigenvalue weighted by molar-refractivity contribution is 5.95. The lowest BCUT2D eigenvalue weighted by molar-refractivity contribution is -0.157. The topological polar surface area (TPSA) is 84.2 Å². The molecule has 0 radical (unpaired) electrons. The van der Waals surface area contributed by atoms with Gasteiger partial charge in [-0.2, -0.15) is 18.3 Å². The Kier molecular flexibility index (Phi) is 4.72. The second-order valence-electron chi connectivity index (χ2n) is 5.28. The molecule has 22 heavy (non-hydrogen) atoms. The molecule has 1 aliphatic rings. The standard InChI is InChI=1S/C13H16F3N3O3/c14-13(15,16)7-9(12(21)22)18-11(20)10-5-6-17-19(10)8-3-1-2-4-8/h5-6,8-9H,1-4,7H2,(H,18,20)(H,21,22). The molecule has 0 spiro atoms. The molecule has 2 N–H and O–H groups in total. The molecule has 6 nitrogen and oxygen atoms in total. The molecular weight excluding hydrogens is 303 g/mol. The maximum absolute atomic E-state index is 12.4. The summed E-state index contributed by atoms with van der Waals surface area (Å²) in [6.07, 6.45) is -1.24. The van der Waals surface area contributed by atoms with Crippen LogP contribution in [0.2, 0.25) is 0 Å². The van der Waals surface area contributed by atoms with Crippen molar-refractivity contribution < 1.29 is 27.9 Å². The zero-order valence-electron chi connectivity index (χ0n) is 11.6. The van der Waals surface area contributed by atoms with Crippen LogP contribution in [0.5, 0.6) is 0 Å². The third-order valence-corrected chi connectivity index (χ3v) is 3.61. The first-order valence-electron chi connectivity index (χ1n) is 6.92. The number of hydrogen-bond acceptors (Lipinski definition) is 3. The molecule has 1 aromatic heterocycles. The van der Waals surface area contributed by atoms with E-state index in [4.69, 9.17) is 5.11 Å². The van der Waals surface area contributed by atoms with Gasteiger partial charge in [0.1, 0.15) is 11.7 Å². The van der Waals surface area contributed by atoms with Gasteiger partial charge in [0.15, 0.2) is 0 Å². The first kappa shape index (κ1) is 16.3. The fourth-order valence-electron chi connectivity index (χ4n) is 2.60. The highest BCUT2D eigenvalue weighted by atomic mass is 19.4. The zero-order chi connectivity index (χ0) is 16.3. The van der Waals surface area contributed by atoms with Gasteiger partial charge in [-0.3, -0.25) is 9.48 Å². The van der Waals surface area contributed by atoms with Crippen LogP contribution in [0.1, 0.15) is 48.6 Å². The van der Waals surface area contributed by atoms with Crippen LogP contribution < -0.4 is 5.32 Å². The lowest BCUT2D eigenvalue weighted by Crippen LogP contribution is -2.44. The molecule has 9 heteroatoms. The maximum atomic E-state index is 12.4. The number of carboxylic acids is 1. The van der Waals surface area contributed by atoms with Crippen molar-refractivity contribution in [3.63, 3.8) is 0 Å². The Labute approximate surface area is 124 Å². The van der Waals surface area contributed by atoms with Gasteiger partial charge in [-0.25, -0.2) is 4.79 Å². The van der Waals surface area contributed by atoms with Crippen molar-refractivity contribution in [2.24, 2.45) is 0 Å². The third-order valence-electron chi connectivity index (χ3n) is 3.61. The number of aliphatic carboxylic acids is 1. The average Bonchev–Trinajstić information content (AvgIpc) is 3.06. The van der Waals surface area contributed by atoms with E-state index >= 15 is 0 Å². The zero-order valence-corrected chi connectivity index (χ0v) is 11.6. The lowest BCUT2D eigenvalue weighted by Gasteiger charge is -2.18. The fraction of sp³-hybridized carbons (Fsp3) is 0.615. The second kappa shape index (κ2) is 6.37. The summed E-state index contributed by atoms with van der Waals surface area (Å²) in [6.45, 7) is 0. The van der Waals surface area contributed by atoms with Gasteiger partial charge in [-0.05, 0) is 18.9 Å². The number of carbonyl (C=O) groups is 2. The van der Waals surface area contributed by atoms with E-state index in [0.717, 1.165) is 25.7 Å². The van der Waals surface area contributed by atoms with Crippen LogP contribution in [0.15, 0.2) is 12.3 Å². The molecule has 122 valence electrons. The van der Waals surface area contributed by atoms with Crippen molar-refractivity contribution in [1.82, 2.24) is 15.1 Å². The molecule has 1 amide bonds. The Hall–Kier alpha value is -2.06. The quantitative estimate of drug-likeness (QED) is 0.871. The number of carboxylic acid groups (broad SMARTS) is 1. The van der Waals surface area contributed by atoms with Crippen LogP contribution in [0, 0.1) is 0 Å². The van der Waals surface area contributed by atoms with Crippen molar-refractivity contribution in [2.75, 3.05) is 0 Å². The highest BCUT2D eigenvalue weighted by Crippen LogP contribution is 2.30. The van der Waals surface area contributed by atoms with Gasteiger partial charge in [-0.1, -0.05) is 12.8 Å². The van der Waals surface area contributed by atoms with Crippen LogP contribution in [0.25, 0.3) is 0 Å². The summed E-state index contributed by atoms with van der Waals surface area (Å²) in [4.78, 5) is 23.0. The summed E-state index contributed by atoms with van der Waals surface area (Å²) in [5.41, 5.74) is 0.0836. The minimum Gasteiger partial charge on any atom is -0.480 e. The molecule has 1 aromatic rings. The van der Waals surface area contributed by atoms with Crippen LogP contribution in [0.4, 0.5) is 13.2 Å². The van der Waals surface area contributed by atoms with Gasteiger partial charge in [0.05, 0.1) is 12.5 Å². The van der Waals surface area contributed by atoms with Gasteiger partial charge in [0.2, 0.25) is 0 Å². The van der Waals surface area contributed by atoms with E-state index in [1.165, 1.54) is 16.9 Å². The number of alkyl halides is 3. The molecule has 0 saturated heterocycles. The van der Waals surface area contributed by atoms with Crippen LogP contribution in [-0.2, 0) is 4.79 Å². The number of hydrogen-bond donors (Lipinski definition) is 2. The molecule has 1 aliphatic carbocycles. The molecule has 1 heterocycles. The highest BCUT2D eigenvalue weighted by Gasteiger charge is 2.37. The third kappa shape index (κ3) is 3.99. The van der Waals surface area contributed by atoms with Gasteiger partial charge in [0.25, 0.3) is 5.91 Å². The lowest BCUT2D eigenvalue weighted by atomic mass is 10.2. The first-order chi connectivity index (χ1) is 10.3. The molecule has 1 atom stereocenters. The molecule has 1 fully saturated rings. The minimum atomic E-state index is -4.68. The van der Waals surface area contributed by atoms with E-state index in [1.54, 1.807) is 0 Å². The van der Waals surface area contributed by atoms with Gasteiger partial charge >= 0.3 is 12.1 Å². The van der Waals surface area contributed by atoms with E-state index in [9.17, 15) is 22.8 Å². The molecule has 2 rings (SSSR count). The van der Waals surface area contributed by atoms with Crippen LogP contribution >= 0.6 is 0 Å². The summed E-state index contributed by atoms with van der Waals surface area (Å²) in [5.74, 6) is -2.58. The van der Waals surface area contributed by atoms with E-state index in [-0.39, 0.29) is 11.7 Å². The van der Waals surface area contributed by atoms with Crippen molar-refractivity contribution in [3.8, 4) is 0 Å². The SMILES string of the molecule is O=C(NC(CC(F)(F)F)C(=O)O)c1ccnn1C1CCCC1. The molecule has 1 saturated carbocycles. The summed E-state index contributed by atoms with van der Waals surface area (Å²) >= 11 is 0. The van der Waals surface area contributed by atoms with Crippen LogP contribution in [0.3, 0.4) is 0 Å². The average molecular weight is 319 g/mol. The Bertz CT molecular complexity index is 550. The van der Waals surface area contributed by atoms with Crippen molar-refractivity contribution in [1.29, 1.82) is 0 Å². The van der Waals surface area contributed by atoms with Crippen molar-refractivity contribution in [2.45, 2.75) is 50.4 Å². The van der Waals surface area contributed by atoms with E-state index < -0.39 is 30.5 Å². The number of nitrogens with zero attached hydrogens (tertiary/aromatic N) is 2. The summed E-state index contributed by atoms with van der Waals surface area (Å²) in [5, 5.41) is 14.8. The Morgan fingerprint density at radius 2 is 2.05 bits per heavy atom. The second-order valence-corrected chi connectivity index (χ2v) is 5.28. The molecule has 0 aromatic carbocycles. The molecular formula is C13H16F3N3O3. The normalized spacial score (nSPS) is 17.4.